The third kappa shape index (κ3) is 4.56. The highest BCUT2D eigenvalue weighted by molar-refractivity contribution is 5.77. The first-order chi connectivity index (χ1) is 12.1. The van der Waals surface area contributed by atoms with Gasteiger partial charge in [-0.25, -0.2) is 9.18 Å². The van der Waals surface area contributed by atoms with Crippen molar-refractivity contribution in [3.05, 3.63) is 54.1 Å². The Balaban J connectivity index is 1.63. The zero-order valence-corrected chi connectivity index (χ0v) is 13.7. The zero-order valence-electron chi connectivity index (χ0n) is 13.7. The first-order valence-electron chi connectivity index (χ1n) is 8.15. The van der Waals surface area contributed by atoms with Crippen molar-refractivity contribution in [3.63, 3.8) is 0 Å². The molecule has 0 aliphatic carbocycles. The second-order valence-corrected chi connectivity index (χ2v) is 5.92. The van der Waals surface area contributed by atoms with E-state index in [1.807, 2.05) is 6.07 Å². The van der Waals surface area contributed by atoms with Crippen molar-refractivity contribution in [1.82, 2.24) is 25.3 Å². The predicted octanol–water partition coefficient (Wildman–Crippen LogP) is 0.775. The molecular formula is C17H20FN5O2. The first kappa shape index (κ1) is 16.9. The van der Waals surface area contributed by atoms with Gasteiger partial charge in [-0.3, -0.25) is 9.48 Å². The molecule has 25 heavy (non-hydrogen) atoms. The van der Waals surface area contributed by atoms with Crippen molar-refractivity contribution in [2.45, 2.75) is 19.0 Å². The number of hydrogen-bond acceptors (Lipinski definition) is 3. The van der Waals surface area contributed by atoms with Crippen molar-refractivity contribution >= 4 is 11.9 Å². The maximum Gasteiger partial charge on any atom is 0.317 e. The summed E-state index contributed by atoms with van der Waals surface area (Å²) in [4.78, 5) is 25.7. The Hall–Kier alpha value is -2.90. The number of carbonyl (C=O) groups is 2. The van der Waals surface area contributed by atoms with Crippen molar-refractivity contribution in [2.75, 3.05) is 19.6 Å². The Bertz CT molecular complexity index is 734. The fourth-order valence-corrected chi connectivity index (χ4v) is 2.89. The summed E-state index contributed by atoms with van der Waals surface area (Å²) >= 11 is 0. The third-order valence-electron chi connectivity index (χ3n) is 4.09. The molecule has 1 aromatic heterocycles. The van der Waals surface area contributed by atoms with E-state index in [1.165, 1.54) is 16.8 Å². The molecule has 7 nitrogen and oxygen atoms in total. The summed E-state index contributed by atoms with van der Waals surface area (Å²) < 4.78 is 15.0. The highest BCUT2D eigenvalue weighted by Crippen LogP contribution is 2.12. The molecule has 8 heteroatoms. The maximum atomic E-state index is 13.4. The van der Waals surface area contributed by atoms with E-state index < -0.39 is 0 Å². The van der Waals surface area contributed by atoms with Crippen LogP contribution in [0.25, 0.3) is 0 Å². The van der Waals surface area contributed by atoms with Crippen LogP contribution < -0.4 is 10.6 Å². The van der Waals surface area contributed by atoms with Gasteiger partial charge < -0.3 is 15.5 Å². The zero-order chi connectivity index (χ0) is 17.6. The van der Waals surface area contributed by atoms with Crippen LogP contribution in [0, 0.1) is 5.82 Å². The van der Waals surface area contributed by atoms with E-state index in [9.17, 15) is 14.0 Å². The number of aromatic nitrogens is 2. The number of hydrogen-bond donors (Lipinski definition) is 2. The molecule has 132 valence electrons. The summed E-state index contributed by atoms with van der Waals surface area (Å²) in [6, 6.07) is 7.62. The molecule has 0 spiro atoms. The highest BCUT2D eigenvalue weighted by Gasteiger charge is 2.28. The lowest BCUT2D eigenvalue weighted by Gasteiger charge is -2.27. The van der Waals surface area contributed by atoms with Crippen molar-refractivity contribution in [1.29, 1.82) is 0 Å². The van der Waals surface area contributed by atoms with Crippen molar-refractivity contribution < 1.29 is 14.0 Å². The van der Waals surface area contributed by atoms with Gasteiger partial charge in [-0.2, -0.15) is 5.10 Å². The fraction of sp³-hybridized carbons (Fsp3) is 0.353. The quantitative estimate of drug-likeness (QED) is 0.778. The smallest absolute Gasteiger partial charge is 0.317 e. The standard InChI is InChI=1S/C17H20FN5O2/c18-14-4-1-3-13(9-14)10-15(23-8-6-19-17(23)25)11-20-16(24)12-22-7-2-5-21-22/h1-5,7,9,15H,6,8,10-12H2,(H,19,25)(H,20,24). The summed E-state index contributed by atoms with van der Waals surface area (Å²) in [6.07, 6.45) is 3.78. The first-order valence-corrected chi connectivity index (χ1v) is 8.15. The van der Waals surface area contributed by atoms with E-state index in [0.29, 0.717) is 26.1 Å². The average molecular weight is 345 g/mol. The van der Waals surface area contributed by atoms with Gasteiger partial charge in [-0.05, 0) is 30.2 Å². The molecule has 2 heterocycles. The number of nitrogens with zero attached hydrogens (tertiary/aromatic N) is 3. The number of amides is 3. The van der Waals surface area contributed by atoms with Crippen LogP contribution in [0.5, 0.6) is 0 Å². The average Bonchev–Trinajstić information content (AvgIpc) is 3.23. The molecule has 3 amide bonds. The predicted molar refractivity (Wildman–Crippen MR) is 89.2 cm³/mol. The Morgan fingerprint density at radius 1 is 1.40 bits per heavy atom. The number of nitrogens with one attached hydrogen (secondary N) is 2. The number of urea groups is 1. The molecule has 3 rings (SSSR count). The fourth-order valence-electron chi connectivity index (χ4n) is 2.89. The molecule has 1 aromatic carbocycles. The molecule has 1 aliphatic heterocycles. The van der Waals surface area contributed by atoms with Gasteiger partial charge in [0.1, 0.15) is 12.4 Å². The summed E-state index contributed by atoms with van der Waals surface area (Å²) in [6.45, 7) is 1.55. The molecule has 0 bridgehead atoms. The lowest BCUT2D eigenvalue weighted by atomic mass is 10.0. The molecule has 1 unspecified atom stereocenters. The lowest BCUT2D eigenvalue weighted by molar-refractivity contribution is -0.122. The van der Waals surface area contributed by atoms with Crippen LogP contribution in [0.3, 0.4) is 0 Å². The molecule has 2 N–H and O–H groups in total. The number of halogens is 1. The highest BCUT2D eigenvalue weighted by atomic mass is 19.1. The van der Waals surface area contributed by atoms with Crippen LogP contribution in [-0.2, 0) is 17.8 Å². The molecule has 1 fully saturated rings. The Labute approximate surface area is 144 Å². The van der Waals surface area contributed by atoms with Crippen LogP contribution >= 0.6 is 0 Å². The molecule has 0 saturated carbocycles. The van der Waals surface area contributed by atoms with Gasteiger partial charge in [-0.15, -0.1) is 0 Å². The monoisotopic (exact) mass is 345 g/mol. The van der Waals surface area contributed by atoms with Gasteiger partial charge in [-0.1, -0.05) is 12.1 Å². The second kappa shape index (κ2) is 7.78. The van der Waals surface area contributed by atoms with E-state index in [2.05, 4.69) is 15.7 Å². The van der Waals surface area contributed by atoms with Crippen LogP contribution in [-0.4, -0.2) is 52.3 Å². The second-order valence-electron chi connectivity index (χ2n) is 5.92. The maximum absolute atomic E-state index is 13.4. The van der Waals surface area contributed by atoms with Crippen LogP contribution in [0.2, 0.25) is 0 Å². The summed E-state index contributed by atoms with van der Waals surface area (Å²) in [5, 5.41) is 9.59. The van der Waals surface area contributed by atoms with Gasteiger partial charge >= 0.3 is 6.03 Å². The third-order valence-corrected chi connectivity index (χ3v) is 4.09. The summed E-state index contributed by atoms with van der Waals surface area (Å²) in [5.41, 5.74) is 0.783. The lowest BCUT2D eigenvalue weighted by Crippen LogP contribution is -2.47. The van der Waals surface area contributed by atoms with Gasteiger partial charge in [0, 0.05) is 32.0 Å². The summed E-state index contributed by atoms with van der Waals surface area (Å²) in [7, 11) is 0. The largest absolute Gasteiger partial charge is 0.352 e. The van der Waals surface area contributed by atoms with Crippen LogP contribution in [0.4, 0.5) is 9.18 Å². The van der Waals surface area contributed by atoms with Crippen molar-refractivity contribution in [2.24, 2.45) is 0 Å². The minimum atomic E-state index is -0.315. The molecule has 1 aliphatic rings. The van der Waals surface area contributed by atoms with E-state index in [4.69, 9.17) is 0 Å². The molecule has 1 saturated heterocycles. The number of rotatable bonds is 7. The van der Waals surface area contributed by atoms with Gasteiger partial charge in [0.05, 0.1) is 6.04 Å². The number of benzene rings is 1. The number of carbonyl (C=O) groups excluding carboxylic acids is 2. The van der Waals surface area contributed by atoms with E-state index >= 15 is 0 Å². The minimum Gasteiger partial charge on any atom is -0.352 e. The van der Waals surface area contributed by atoms with Gasteiger partial charge in [0.15, 0.2) is 0 Å². The van der Waals surface area contributed by atoms with Gasteiger partial charge in [0.25, 0.3) is 0 Å². The molecular weight excluding hydrogens is 325 g/mol. The topological polar surface area (TPSA) is 79.3 Å². The Kier molecular flexibility index (Phi) is 5.27. The van der Waals surface area contributed by atoms with E-state index in [0.717, 1.165) is 5.56 Å². The summed E-state index contributed by atoms with van der Waals surface area (Å²) in [5.74, 6) is -0.502. The Morgan fingerprint density at radius 3 is 2.96 bits per heavy atom. The van der Waals surface area contributed by atoms with Crippen LogP contribution in [0.15, 0.2) is 42.7 Å². The van der Waals surface area contributed by atoms with E-state index in [-0.39, 0.29) is 30.3 Å². The Morgan fingerprint density at radius 2 is 2.28 bits per heavy atom. The normalized spacial score (nSPS) is 15.1. The van der Waals surface area contributed by atoms with Crippen molar-refractivity contribution in [3.8, 4) is 0 Å². The SMILES string of the molecule is O=C(Cn1cccn1)NCC(Cc1cccc(F)c1)N1CCNC1=O. The van der Waals surface area contributed by atoms with Crippen LogP contribution in [0.1, 0.15) is 5.56 Å². The molecule has 1 atom stereocenters. The molecule has 0 radical (unpaired) electrons. The van der Waals surface area contributed by atoms with Gasteiger partial charge in [0.2, 0.25) is 5.91 Å². The van der Waals surface area contributed by atoms with E-state index in [1.54, 1.807) is 29.4 Å². The minimum absolute atomic E-state index is 0.117. The molecule has 2 aromatic rings.